The van der Waals surface area contributed by atoms with Gasteiger partial charge in [-0.1, -0.05) is 80.6 Å². The van der Waals surface area contributed by atoms with Crippen LogP contribution in [-0.2, 0) is 6.54 Å². The van der Waals surface area contributed by atoms with Gasteiger partial charge in [-0.05, 0) is 34.7 Å². The van der Waals surface area contributed by atoms with Gasteiger partial charge in [-0.15, -0.1) is 0 Å². The summed E-state index contributed by atoms with van der Waals surface area (Å²) >= 11 is 0. The number of imidazole rings is 1. The molecule has 0 aliphatic carbocycles. The fourth-order valence-electron chi connectivity index (χ4n) is 3.45. The van der Waals surface area contributed by atoms with Crippen LogP contribution in [0.1, 0.15) is 48.4 Å². The molecule has 0 fully saturated rings. The number of aromatic nitrogens is 2. The van der Waals surface area contributed by atoms with E-state index in [0.29, 0.717) is 18.3 Å². The molecule has 1 atom stereocenters. The summed E-state index contributed by atoms with van der Waals surface area (Å²) in [6, 6.07) is 26.5. The van der Waals surface area contributed by atoms with Crippen molar-refractivity contribution >= 4 is 11.0 Å². The number of para-hydroxylation sites is 2. The molecular formula is C24H24N2O. The Morgan fingerprint density at radius 3 is 2.15 bits per heavy atom. The SMILES string of the molecule is CC(C)c1ccc(C(O)c2nc3ccccc3n2Cc2ccccc2)cc1. The number of hydrogen-bond donors (Lipinski definition) is 1. The van der Waals surface area contributed by atoms with Gasteiger partial charge in [0.25, 0.3) is 0 Å². The molecule has 0 aliphatic heterocycles. The summed E-state index contributed by atoms with van der Waals surface area (Å²) in [5.74, 6) is 1.15. The van der Waals surface area contributed by atoms with E-state index in [4.69, 9.17) is 4.98 Å². The molecule has 0 spiro atoms. The van der Waals surface area contributed by atoms with Crippen molar-refractivity contribution in [2.24, 2.45) is 0 Å². The largest absolute Gasteiger partial charge is 0.380 e. The van der Waals surface area contributed by atoms with E-state index in [1.54, 1.807) is 0 Å². The van der Waals surface area contributed by atoms with Gasteiger partial charge in [-0.2, -0.15) is 0 Å². The highest BCUT2D eigenvalue weighted by Crippen LogP contribution is 2.27. The maximum absolute atomic E-state index is 11.1. The molecule has 136 valence electrons. The van der Waals surface area contributed by atoms with Gasteiger partial charge in [0.05, 0.1) is 11.0 Å². The zero-order valence-corrected chi connectivity index (χ0v) is 15.7. The number of hydrogen-bond acceptors (Lipinski definition) is 2. The Kier molecular flexibility index (Phi) is 4.78. The van der Waals surface area contributed by atoms with Crippen LogP contribution in [0.5, 0.6) is 0 Å². The highest BCUT2D eigenvalue weighted by Gasteiger charge is 2.20. The smallest absolute Gasteiger partial charge is 0.143 e. The number of nitrogens with zero attached hydrogens (tertiary/aromatic N) is 2. The van der Waals surface area contributed by atoms with Crippen molar-refractivity contribution in [2.45, 2.75) is 32.4 Å². The molecule has 1 aromatic heterocycles. The van der Waals surface area contributed by atoms with Crippen molar-refractivity contribution < 1.29 is 5.11 Å². The van der Waals surface area contributed by atoms with E-state index in [-0.39, 0.29) is 0 Å². The van der Waals surface area contributed by atoms with Gasteiger partial charge in [-0.3, -0.25) is 0 Å². The van der Waals surface area contributed by atoms with Crippen LogP contribution in [0.4, 0.5) is 0 Å². The summed E-state index contributed by atoms with van der Waals surface area (Å²) in [7, 11) is 0. The molecule has 1 heterocycles. The molecule has 0 saturated heterocycles. The van der Waals surface area contributed by atoms with Crippen molar-refractivity contribution in [1.82, 2.24) is 9.55 Å². The predicted octanol–water partition coefficient (Wildman–Crippen LogP) is 5.29. The lowest BCUT2D eigenvalue weighted by molar-refractivity contribution is 0.206. The minimum atomic E-state index is -0.762. The Labute approximate surface area is 159 Å². The Bertz CT molecular complexity index is 1030. The van der Waals surface area contributed by atoms with Gasteiger partial charge in [0, 0.05) is 6.54 Å². The monoisotopic (exact) mass is 356 g/mol. The van der Waals surface area contributed by atoms with Crippen LogP contribution < -0.4 is 0 Å². The van der Waals surface area contributed by atoms with E-state index >= 15 is 0 Å². The lowest BCUT2D eigenvalue weighted by Gasteiger charge is -2.15. The van der Waals surface area contributed by atoms with Crippen molar-refractivity contribution in [1.29, 1.82) is 0 Å². The molecule has 4 rings (SSSR count). The number of aliphatic hydroxyl groups excluding tert-OH is 1. The second-order valence-corrected chi connectivity index (χ2v) is 7.25. The molecule has 3 heteroatoms. The molecule has 27 heavy (non-hydrogen) atoms. The molecule has 0 saturated carbocycles. The number of benzene rings is 3. The first-order valence-corrected chi connectivity index (χ1v) is 9.40. The van der Waals surface area contributed by atoms with Crippen LogP contribution in [0.15, 0.2) is 78.9 Å². The Hall–Kier alpha value is -2.91. The highest BCUT2D eigenvalue weighted by atomic mass is 16.3. The first-order valence-electron chi connectivity index (χ1n) is 9.40. The minimum Gasteiger partial charge on any atom is -0.380 e. The summed E-state index contributed by atoms with van der Waals surface area (Å²) in [5, 5.41) is 11.1. The van der Waals surface area contributed by atoms with Gasteiger partial charge >= 0.3 is 0 Å². The van der Waals surface area contributed by atoms with Crippen LogP contribution in [0.25, 0.3) is 11.0 Å². The first-order chi connectivity index (χ1) is 13.1. The van der Waals surface area contributed by atoms with E-state index in [2.05, 4.69) is 48.7 Å². The fraction of sp³-hybridized carbons (Fsp3) is 0.208. The lowest BCUT2D eigenvalue weighted by atomic mass is 10.00. The van der Waals surface area contributed by atoms with E-state index in [9.17, 15) is 5.11 Å². The molecule has 3 aromatic carbocycles. The fourth-order valence-corrected chi connectivity index (χ4v) is 3.45. The van der Waals surface area contributed by atoms with E-state index < -0.39 is 6.10 Å². The van der Waals surface area contributed by atoms with Crippen molar-refractivity contribution in [3.63, 3.8) is 0 Å². The first kappa shape index (κ1) is 17.5. The topological polar surface area (TPSA) is 38.1 Å². The minimum absolute atomic E-state index is 0.471. The molecule has 1 N–H and O–H groups in total. The number of aliphatic hydroxyl groups is 1. The average Bonchev–Trinajstić information content (AvgIpc) is 3.07. The van der Waals surface area contributed by atoms with E-state index in [0.717, 1.165) is 16.6 Å². The third-order valence-corrected chi connectivity index (χ3v) is 5.03. The van der Waals surface area contributed by atoms with Crippen LogP contribution in [0, 0.1) is 0 Å². The molecular weight excluding hydrogens is 332 g/mol. The van der Waals surface area contributed by atoms with Crippen molar-refractivity contribution in [2.75, 3.05) is 0 Å². The third-order valence-electron chi connectivity index (χ3n) is 5.03. The Balaban J connectivity index is 1.77. The number of fused-ring (bicyclic) bond motifs is 1. The standard InChI is InChI=1S/C24H24N2O/c1-17(2)19-12-14-20(15-13-19)23(27)24-25-21-10-6-7-11-22(21)26(24)16-18-8-4-3-5-9-18/h3-15,17,23,27H,16H2,1-2H3. The summed E-state index contributed by atoms with van der Waals surface area (Å²) in [6.45, 7) is 5.02. The Morgan fingerprint density at radius 1 is 0.815 bits per heavy atom. The van der Waals surface area contributed by atoms with E-state index in [1.165, 1.54) is 11.1 Å². The third kappa shape index (κ3) is 3.51. The molecule has 4 aromatic rings. The maximum Gasteiger partial charge on any atom is 0.143 e. The molecule has 0 radical (unpaired) electrons. The number of rotatable bonds is 5. The zero-order chi connectivity index (χ0) is 18.8. The summed E-state index contributed by atoms with van der Waals surface area (Å²) < 4.78 is 2.12. The molecule has 0 aliphatic rings. The molecule has 3 nitrogen and oxygen atoms in total. The second-order valence-electron chi connectivity index (χ2n) is 7.25. The second kappa shape index (κ2) is 7.37. The summed E-state index contributed by atoms with van der Waals surface area (Å²) in [6.07, 6.45) is -0.762. The van der Waals surface area contributed by atoms with Crippen LogP contribution in [-0.4, -0.2) is 14.7 Å². The summed E-state index contributed by atoms with van der Waals surface area (Å²) in [4.78, 5) is 4.76. The van der Waals surface area contributed by atoms with Crippen molar-refractivity contribution in [3.8, 4) is 0 Å². The predicted molar refractivity (Wildman–Crippen MR) is 110 cm³/mol. The van der Waals surface area contributed by atoms with Crippen molar-refractivity contribution in [3.05, 3.63) is 101 Å². The van der Waals surface area contributed by atoms with Gasteiger partial charge < -0.3 is 9.67 Å². The van der Waals surface area contributed by atoms with Crippen LogP contribution in [0.2, 0.25) is 0 Å². The van der Waals surface area contributed by atoms with E-state index in [1.807, 2.05) is 48.5 Å². The molecule has 0 amide bonds. The summed E-state index contributed by atoms with van der Waals surface area (Å²) in [5.41, 5.74) is 5.26. The maximum atomic E-state index is 11.1. The van der Waals surface area contributed by atoms with Gasteiger partial charge in [0.1, 0.15) is 11.9 Å². The highest BCUT2D eigenvalue weighted by molar-refractivity contribution is 5.76. The normalized spacial score (nSPS) is 12.6. The Morgan fingerprint density at radius 2 is 1.44 bits per heavy atom. The average molecular weight is 356 g/mol. The van der Waals surface area contributed by atoms with Gasteiger partial charge in [0.15, 0.2) is 0 Å². The lowest BCUT2D eigenvalue weighted by Crippen LogP contribution is -2.11. The zero-order valence-electron chi connectivity index (χ0n) is 15.7. The van der Waals surface area contributed by atoms with Crippen LogP contribution in [0.3, 0.4) is 0 Å². The molecule has 1 unspecified atom stereocenters. The van der Waals surface area contributed by atoms with Gasteiger partial charge in [-0.25, -0.2) is 4.98 Å². The van der Waals surface area contributed by atoms with Gasteiger partial charge in [0.2, 0.25) is 0 Å². The molecule has 0 bridgehead atoms. The van der Waals surface area contributed by atoms with Crippen LogP contribution >= 0.6 is 0 Å². The quantitative estimate of drug-likeness (QED) is 0.528.